The standard InChI is InChI=1S/C15H16N2O3/c1-9-11(5-6-19-9)15(16-2)10-3-4-13-12(7-10)17-14(18)8-20-13/h3-7,15-16H,8H2,1-2H3,(H,17,18). The molecular formula is C15H16N2O3. The number of rotatable bonds is 3. The number of amides is 1. The molecule has 20 heavy (non-hydrogen) atoms. The predicted octanol–water partition coefficient (Wildman–Crippen LogP) is 2.23. The van der Waals surface area contributed by atoms with Gasteiger partial charge in [0.05, 0.1) is 18.0 Å². The molecule has 0 radical (unpaired) electrons. The molecule has 2 N–H and O–H groups in total. The number of hydrogen-bond donors (Lipinski definition) is 2. The zero-order valence-corrected chi connectivity index (χ0v) is 11.4. The maximum Gasteiger partial charge on any atom is 0.262 e. The lowest BCUT2D eigenvalue weighted by Gasteiger charge is -2.21. The van der Waals surface area contributed by atoms with E-state index in [1.807, 2.05) is 38.2 Å². The fourth-order valence-corrected chi connectivity index (χ4v) is 2.48. The van der Waals surface area contributed by atoms with Crippen LogP contribution in [-0.4, -0.2) is 19.6 Å². The van der Waals surface area contributed by atoms with E-state index < -0.39 is 0 Å². The van der Waals surface area contributed by atoms with E-state index in [0.29, 0.717) is 11.4 Å². The third-order valence-corrected chi connectivity index (χ3v) is 3.47. The van der Waals surface area contributed by atoms with Crippen molar-refractivity contribution in [3.63, 3.8) is 0 Å². The highest BCUT2D eigenvalue weighted by Crippen LogP contribution is 2.33. The molecule has 1 aromatic heterocycles. The van der Waals surface area contributed by atoms with Crippen LogP contribution in [0.5, 0.6) is 5.75 Å². The molecule has 1 amide bonds. The maximum atomic E-state index is 11.4. The molecule has 1 aliphatic rings. The molecule has 2 heterocycles. The first kappa shape index (κ1) is 12.7. The lowest BCUT2D eigenvalue weighted by molar-refractivity contribution is -0.118. The fourth-order valence-electron chi connectivity index (χ4n) is 2.48. The summed E-state index contributed by atoms with van der Waals surface area (Å²) in [6, 6.07) is 7.76. The Labute approximate surface area is 116 Å². The zero-order chi connectivity index (χ0) is 14.1. The molecule has 2 aromatic rings. The number of furan rings is 1. The lowest BCUT2D eigenvalue weighted by atomic mass is 9.98. The van der Waals surface area contributed by atoms with Gasteiger partial charge in [-0.1, -0.05) is 6.07 Å². The minimum absolute atomic E-state index is 0.0119. The van der Waals surface area contributed by atoms with Crippen molar-refractivity contribution in [2.45, 2.75) is 13.0 Å². The summed E-state index contributed by atoms with van der Waals surface area (Å²) >= 11 is 0. The van der Waals surface area contributed by atoms with Gasteiger partial charge >= 0.3 is 0 Å². The largest absolute Gasteiger partial charge is 0.482 e. The number of ether oxygens (including phenoxy) is 1. The lowest BCUT2D eigenvalue weighted by Crippen LogP contribution is -2.26. The molecule has 0 aliphatic carbocycles. The SMILES string of the molecule is CNC(c1ccc2c(c1)NC(=O)CO2)c1ccoc1C. The predicted molar refractivity (Wildman–Crippen MR) is 74.9 cm³/mol. The van der Waals surface area contributed by atoms with Gasteiger partial charge in [-0.25, -0.2) is 0 Å². The second-order valence-electron chi connectivity index (χ2n) is 4.75. The zero-order valence-electron chi connectivity index (χ0n) is 11.4. The van der Waals surface area contributed by atoms with E-state index in [1.54, 1.807) is 6.26 Å². The van der Waals surface area contributed by atoms with Crippen LogP contribution in [0.3, 0.4) is 0 Å². The number of fused-ring (bicyclic) bond motifs is 1. The van der Waals surface area contributed by atoms with Crippen LogP contribution in [0.1, 0.15) is 22.9 Å². The van der Waals surface area contributed by atoms with E-state index in [0.717, 1.165) is 16.9 Å². The summed E-state index contributed by atoms with van der Waals surface area (Å²) in [5.41, 5.74) is 2.83. The topological polar surface area (TPSA) is 63.5 Å². The summed E-state index contributed by atoms with van der Waals surface area (Å²) in [4.78, 5) is 11.4. The van der Waals surface area contributed by atoms with Crippen LogP contribution in [0, 0.1) is 6.92 Å². The molecule has 0 spiro atoms. The molecule has 0 fully saturated rings. The Morgan fingerprint density at radius 1 is 1.35 bits per heavy atom. The highest BCUT2D eigenvalue weighted by atomic mass is 16.5. The average molecular weight is 272 g/mol. The van der Waals surface area contributed by atoms with E-state index in [4.69, 9.17) is 9.15 Å². The van der Waals surface area contributed by atoms with Crippen LogP contribution in [0.2, 0.25) is 0 Å². The Balaban J connectivity index is 1.99. The monoisotopic (exact) mass is 272 g/mol. The van der Waals surface area contributed by atoms with E-state index >= 15 is 0 Å². The first-order chi connectivity index (χ1) is 9.69. The van der Waals surface area contributed by atoms with Gasteiger partial charge in [-0.05, 0) is 37.7 Å². The molecule has 0 bridgehead atoms. The summed E-state index contributed by atoms with van der Waals surface area (Å²) in [7, 11) is 1.89. The Bertz CT molecular complexity index is 648. The van der Waals surface area contributed by atoms with Gasteiger partial charge in [0.1, 0.15) is 11.5 Å². The molecule has 1 aliphatic heterocycles. The van der Waals surface area contributed by atoms with Gasteiger partial charge in [0.2, 0.25) is 0 Å². The van der Waals surface area contributed by atoms with Crippen LogP contribution in [0.4, 0.5) is 5.69 Å². The molecular weight excluding hydrogens is 256 g/mol. The van der Waals surface area contributed by atoms with Gasteiger partial charge in [0, 0.05) is 5.56 Å². The molecule has 5 heteroatoms. The van der Waals surface area contributed by atoms with Crippen molar-refractivity contribution >= 4 is 11.6 Å². The number of carbonyl (C=O) groups excluding carboxylic acids is 1. The van der Waals surface area contributed by atoms with Crippen LogP contribution >= 0.6 is 0 Å². The maximum absolute atomic E-state index is 11.4. The third-order valence-electron chi connectivity index (χ3n) is 3.47. The molecule has 0 saturated carbocycles. The Morgan fingerprint density at radius 2 is 2.20 bits per heavy atom. The van der Waals surface area contributed by atoms with Gasteiger partial charge in [-0.3, -0.25) is 4.79 Å². The molecule has 3 rings (SSSR count). The van der Waals surface area contributed by atoms with Gasteiger partial charge in [0.15, 0.2) is 6.61 Å². The highest BCUT2D eigenvalue weighted by Gasteiger charge is 2.20. The number of benzene rings is 1. The third kappa shape index (κ3) is 2.16. The first-order valence-electron chi connectivity index (χ1n) is 6.47. The van der Waals surface area contributed by atoms with Gasteiger partial charge in [-0.15, -0.1) is 0 Å². The minimum Gasteiger partial charge on any atom is -0.482 e. The minimum atomic E-state index is -0.129. The van der Waals surface area contributed by atoms with Crippen LogP contribution in [0.25, 0.3) is 0 Å². The van der Waals surface area contributed by atoms with Crippen molar-refractivity contribution in [2.24, 2.45) is 0 Å². The normalized spacial score (nSPS) is 15.2. The van der Waals surface area contributed by atoms with E-state index in [-0.39, 0.29) is 18.6 Å². The van der Waals surface area contributed by atoms with Crippen molar-refractivity contribution in [1.82, 2.24) is 5.32 Å². The van der Waals surface area contributed by atoms with Crippen molar-refractivity contribution in [3.05, 3.63) is 47.4 Å². The fraction of sp³-hybridized carbons (Fsp3) is 0.267. The van der Waals surface area contributed by atoms with Crippen LogP contribution in [-0.2, 0) is 4.79 Å². The second-order valence-corrected chi connectivity index (χ2v) is 4.75. The second kappa shape index (κ2) is 5.02. The number of carbonyl (C=O) groups is 1. The Hall–Kier alpha value is -2.27. The summed E-state index contributed by atoms with van der Waals surface area (Å²) < 4.78 is 10.7. The van der Waals surface area contributed by atoms with Gasteiger partial charge in [0.25, 0.3) is 5.91 Å². The van der Waals surface area contributed by atoms with Crippen molar-refractivity contribution < 1.29 is 13.9 Å². The summed E-state index contributed by atoms with van der Waals surface area (Å²) in [5, 5.41) is 6.09. The summed E-state index contributed by atoms with van der Waals surface area (Å²) in [6.07, 6.45) is 1.68. The number of hydrogen-bond acceptors (Lipinski definition) is 4. The number of nitrogens with one attached hydrogen (secondary N) is 2. The Kier molecular flexibility index (Phi) is 3.20. The van der Waals surface area contributed by atoms with E-state index in [1.165, 1.54) is 0 Å². The van der Waals surface area contributed by atoms with Crippen molar-refractivity contribution in [2.75, 3.05) is 19.0 Å². The highest BCUT2D eigenvalue weighted by molar-refractivity contribution is 5.95. The molecule has 104 valence electrons. The summed E-state index contributed by atoms with van der Waals surface area (Å²) in [6.45, 7) is 2.01. The molecule has 0 saturated heterocycles. The molecule has 1 aromatic carbocycles. The van der Waals surface area contributed by atoms with E-state index in [2.05, 4.69) is 10.6 Å². The van der Waals surface area contributed by atoms with Gasteiger partial charge in [-0.2, -0.15) is 0 Å². The molecule has 5 nitrogen and oxygen atoms in total. The van der Waals surface area contributed by atoms with E-state index in [9.17, 15) is 4.79 Å². The van der Waals surface area contributed by atoms with Crippen LogP contribution in [0.15, 0.2) is 34.9 Å². The average Bonchev–Trinajstić information content (AvgIpc) is 2.86. The van der Waals surface area contributed by atoms with Crippen molar-refractivity contribution in [1.29, 1.82) is 0 Å². The molecule has 1 unspecified atom stereocenters. The van der Waals surface area contributed by atoms with Crippen molar-refractivity contribution in [3.8, 4) is 5.75 Å². The summed E-state index contributed by atoms with van der Waals surface area (Å²) in [5.74, 6) is 1.45. The quantitative estimate of drug-likeness (QED) is 0.899. The Morgan fingerprint density at radius 3 is 2.90 bits per heavy atom. The first-order valence-corrected chi connectivity index (χ1v) is 6.47. The number of anilines is 1. The number of aryl methyl sites for hydroxylation is 1. The van der Waals surface area contributed by atoms with Crippen LogP contribution < -0.4 is 15.4 Å². The van der Waals surface area contributed by atoms with Gasteiger partial charge < -0.3 is 19.8 Å². The molecule has 1 atom stereocenters. The smallest absolute Gasteiger partial charge is 0.262 e.